The maximum absolute atomic E-state index is 14.1. The highest BCUT2D eigenvalue weighted by atomic mass is 35.5. The first-order chi connectivity index (χ1) is 23.7. The molecule has 4 aromatic rings. The van der Waals surface area contributed by atoms with Crippen LogP contribution in [0.4, 0.5) is 30.4 Å². The van der Waals surface area contributed by atoms with Crippen molar-refractivity contribution in [1.29, 1.82) is 0 Å². The average molecular weight is 755 g/mol. The molecule has 266 valence electrons. The van der Waals surface area contributed by atoms with Crippen molar-refractivity contribution in [2.75, 3.05) is 61.6 Å². The Hall–Kier alpha value is -3.96. The summed E-state index contributed by atoms with van der Waals surface area (Å²) in [5, 5.41) is 9.49. The number of amides is 2. The predicted molar refractivity (Wildman–Crippen MR) is 183 cm³/mol. The molecule has 0 atom stereocenters. The van der Waals surface area contributed by atoms with Crippen LogP contribution in [0.3, 0.4) is 0 Å². The summed E-state index contributed by atoms with van der Waals surface area (Å²) < 4.78 is 74.5. The van der Waals surface area contributed by atoms with Crippen LogP contribution in [0.1, 0.15) is 28.8 Å². The third kappa shape index (κ3) is 7.68. The van der Waals surface area contributed by atoms with Crippen LogP contribution in [0.25, 0.3) is 11.0 Å². The molecule has 12 nitrogen and oxygen atoms in total. The Morgan fingerprint density at radius 3 is 2.46 bits per heavy atom. The zero-order valence-electron chi connectivity index (χ0n) is 26.6. The van der Waals surface area contributed by atoms with E-state index in [1.165, 1.54) is 42.5 Å². The Balaban J connectivity index is 1.37. The fourth-order valence-corrected chi connectivity index (χ4v) is 7.73. The van der Waals surface area contributed by atoms with Crippen molar-refractivity contribution in [3.05, 3.63) is 69.7 Å². The maximum Gasteiger partial charge on any atom is 0.471 e. The first kappa shape index (κ1) is 35.9. The Morgan fingerprint density at radius 2 is 1.76 bits per heavy atom. The van der Waals surface area contributed by atoms with Crippen molar-refractivity contribution in [3.8, 4) is 0 Å². The highest BCUT2D eigenvalue weighted by Gasteiger charge is 2.46. The van der Waals surface area contributed by atoms with Crippen LogP contribution in [-0.4, -0.2) is 99.0 Å². The molecule has 2 aliphatic rings. The number of halogens is 5. The number of ether oxygens (including phenoxy) is 1. The molecule has 2 aromatic heterocycles. The van der Waals surface area contributed by atoms with E-state index in [1.54, 1.807) is 6.07 Å². The number of aromatic amines is 1. The molecule has 18 heteroatoms. The van der Waals surface area contributed by atoms with Crippen molar-refractivity contribution < 1.29 is 35.9 Å². The number of nitrogens with one attached hydrogen (secondary N) is 2. The number of hydrogen-bond donors (Lipinski definition) is 2. The Bertz CT molecular complexity index is 2030. The molecular formula is C32H32Cl2F3N7O5S. The minimum atomic E-state index is -5.23. The molecule has 0 saturated carbocycles. The van der Waals surface area contributed by atoms with E-state index in [0.29, 0.717) is 41.8 Å². The number of benzene rings is 2. The van der Waals surface area contributed by atoms with E-state index in [9.17, 15) is 31.2 Å². The third-order valence-electron chi connectivity index (χ3n) is 8.66. The van der Waals surface area contributed by atoms with Gasteiger partial charge in [-0.3, -0.25) is 14.7 Å². The van der Waals surface area contributed by atoms with E-state index in [-0.39, 0.29) is 69.8 Å². The second-order valence-corrected chi connectivity index (χ2v) is 14.9. The molecule has 0 bridgehead atoms. The lowest BCUT2D eigenvalue weighted by Gasteiger charge is -2.37. The number of hydrogen-bond acceptors (Lipinski definition) is 9. The molecule has 0 unspecified atom stereocenters. The Morgan fingerprint density at radius 1 is 1.04 bits per heavy atom. The smallest absolute Gasteiger partial charge is 0.381 e. The molecule has 2 aliphatic heterocycles. The molecule has 2 amide bonds. The zero-order valence-corrected chi connectivity index (χ0v) is 29.0. The number of rotatable bonds is 8. The van der Waals surface area contributed by atoms with Gasteiger partial charge in [-0.15, -0.1) is 0 Å². The minimum absolute atomic E-state index is 0.0140. The van der Waals surface area contributed by atoms with Gasteiger partial charge in [0.2, 0.25) is 0 Å². The summed E-state index contributed by atoms with van der Waals surface area (Å²) in [7, 11) is -2.11. The maximum atomic E-state index is 14.1. The number of likely N-dealkylation sites (N-methyl/N-ethyl adjacent to an activating group) is 1. The lowest BCUT2D eigenvalue weighted by Crippen LogP contribution is -2.50. The monoisotopic (exact) mass is 753 g/mol. The van der Waals surface area contributed by atoms with Crippen molar-refractivity contribution in [2.45, 2.75) is 35.8 Å². The summed E-state index contributed by atoms with van der Waals surface area (Å²) in [6.07, 6.45) is -4.96. The highest BCUT2D eigenvalue weighted by Crippen LogP contribution is 2.36. The lowest BCUT2D eigenvalue weighted by atomic mass is 10.0. The van der Waals surface area contributed by atoms with E-state index in [4.69, 9.17) is 27.9 Å². The molecule has 2 fully saturated rings. The molecule has 0 aliphatic carbocycles. The Labute approximate surface area is 295 Å². The van der Waals surface area contributed by atoms with Crippen LogP contribution in [0.15, 0.2) is 53.6 Å². The van der Waals surface area contributed by atoms with Gasteiger partial charge in [0.25, 0.3) is 5.91 Å². The van der Waals surface area contributed by atoms with Crippen molar-refractivity contribution in [3.63, 3.8) is 0 Å². The van der Waals surface area contributed by atoms with E-state index < -0.39 is 39.6 Å². The van der Waals surface area contributed by atoms with E-state index in [1.807, 2.05) is 11.9 Å². The van der Waals surface area contributed by atoms with Crippen LogP contribution in [0, 0.1) is 0 Å². The summed E-state index contributed by atoms with van der Waals surface area (Å²) in [6.45, 7) is 2.90. The molecule has 2 aromatic carbocycles. The number of carbonyl (C=O) groups excluding carboxylic acids is 2. The number of H-pyrrole nitrogens is 1. The summed E-state index contributed by atoms with van der Waals surface area (Å²) in [6, 6.07) is 10.7. The minimum Gasteiger partial charge on any atom is -0.381 e. The number of aromatic nitrogens is 3. The van der Waals surface area contributed by atoms with Crippen molar-refractivity contribution in [2.24, 2.45) is 0 Å². The van der Waals surface area contributed by atoms with Gasteiger partial charge in [-0.1, -0.05) is 23.2 Å². The molecular weight excluding hydrogens is 722 g/mol. The first-order valence-corrected chi connectivity index (χ1v) is 18.0. The number of alkyl halides is 3. The van der Waals surface area contributed by atoms with Gasteiger partial charge in [-0.2, -0.15) is 18.3 Å². The first-order valence-electron chi connectivity index (χ1n) is 15.6. The third-order valence-corrected chi connectivity index (χ3v) is 10.8. The Kier molecular flexibility index (Phi) is 10.3. The number of fused-ring (bicyclic) bond motifs is 1. The fourth-order valence-electron chi connectivity index (χ4n) is 5.97. The predicted octanol–water partition coefficient (Wildman–Crippen LogP) is 5.32. The number of carbonyl (C=O) groups is 2. The van der Waals surface area contributed by atoms with Crippen molar-refractivity contribution in [1.82, 2.24) is 20.1 Å². The van der Waals surface area contributed by atoms with E-state index in [0.717, 1.165) is 0 Å². The van der Waals surface area contributed by atoms with E-state index >= 15 is 0 Å². The quantitative estimate of drug-likeness (QED) is 0.245. The molecule has 6 rings (SSSR count). The van der Waals surface area contributed by atoms with Gasteiger partial charge in [0.15, 0.2) is 20.7 Å². The molecule has 4 heterocycles. The number of piperazine rings is 1. The number of nitrogens with zero attached hydrogens (tertiary/aromatic N) is 5. The summed E-state index contributed by atoms with van der Waals surface area (Å²) in [5.41, 5.74) is 0.641. The van der Waals surface area contributed by atoms with Crippen LogP contribution < -0.4 is 15.1 Å². The molecule has 0 spiro atoms. The van der Waals surface area contributed by atoms with Gasteiger partial charge in [0.1, 0.15) is 5.52 Å². The largest absolute Gasteiger partial charge is 0.471 e. The standard InChI is InChI=1S/C32H32Cl2F3N7O5S/c1-42-10-12-43(13-11-42)22-3-4-23(26(17-22)44(31(46)32(35,36)37)21-8-14-49-15-9-21)30(45)39-29-28-25(40-41-29)6-7-27(38-28)50(47,48)18-19-16-20(33)2-5-24(19)34/h2-7,16-17,21H,8-15,18H2,1H3,(H2,39,40,41,45). The summed E-state index contributed by atoms with van der Waals surface area (Å²) in [5.74, 6) is -3.67. The lowest BCUT2D eigenvalue weighted by molar-refractivity contribution is -0.171. The number of pyridine rings is 1. The second-order valence-electron chi connectivity index (χ2n) is 12.1. The van der Waals surface area contributed by atoms with E-state index in [2.05, 4.69) is 25.4 Å². The normalized spacial score (nSPS) is 16.5. The number of anilines is 3. The summed E-state index contributed by atoms with van der Waals surface area (Å²) in [4.78, 5) is 36.0. The van der Waals surface area contributed by atoms with Crippen LogP contribution >= 0.6 is 23.2 Å². The summed E-state index contributed by atoms with van der Waals surface area (Å²) >= 11 is 12.2. The van der Waals surface area contributed by atoms with Crippen molar-refractivity contribution >= 4 is 73.1 Å². The average Bonchev–Trinajstić information content (AvgIpc) is 3.48. The highest BCUT2D eigenvalue weighted by molar-refractivity contribution is 7.90. The molecule has 50 heavy (non-hydrogen) atoms. The molecule has 0 radical (unpaired) electrons. The molecule has 2 N–H and O–H groups in total. The zero-order chi connectivity index (χ0) is 35.8. The van der Waals surface area contributed by atoms with Crippen LogP contribution in [-0.2, 0) is 25.1 Å². The van der Waals surface area contributed by atoms with Gasteiger partial charge in [-0.25, -0.2) is 13.4 Å². The van der Waals surface area contributed by atoms with Gasteiger partial charge >= 0.3 is 12.1 Å². The topological polar surface area (TPSA) is 141 Å². The molecule has 2 saturated heterocycles. The van der Waals surface area contributed by atoms with Gasteiger partial charge in [0, 0.05) is 61.2 Å². The van der Waals surface area contributed by atoms with Crippen LogP contribution in [0.5, 0.6) is 0 Å². The SMILES string of the molecule is CN1CCN(c2ccc(C(=O)Nc3n[nH]c4ccc(S(=O)(=O)Cc5cc(Cl)ccc5Cl)nc34)c(N(C(=O)C(F)(F)F)C3CCOCC3)c2)CC1. The van der Waals surface area contributed by atoms with Gasteiger partial charge in [0.05, 0.1) is 22.5 Å². The van der Waals surface area contributed by atoms with Crippen LogP contribution in [0.2, 0.25) is 10.0 Å². The van der Waals surface area contributed by atoms with Gasteiger partial charge in [-0.05, 0) is 74.0 Å². The second kappa shape index (κ2) is 14.3. The number of sulfone groups is 1. The van der Waals surface area contributed by atoms with Gasteiger partial charge < -0.3 is 24.8 Å². The fraction of sp³-hybridized carbons (Fsp3) is 0.375.